The fraction of sp³-hybridized carbons (Fsp3) is 0.562. The molecule has 8 nitrogen and oxygen atoms in total. The summed E-state index contributed by atoms with van der Waals surface area (Å²) < 4.78 is 5.15. The quantitative estimate of drug-likeness (QED) is 0.522. The van der Waals surface area contributed by atoms with Crippen LogP contribution in [0.15, 0.2) is 0 Å². The second-order valence-corrected chi connectivity index (χ2v) is 8.26. The van der Waals surface area contributed by atoms with Gasteiger partial charge in [-0.25, -0.2) is 4.79 Å². The average Bonchev–Trinajstić information content (AvgIpc) is 3.12. The number of carbonyl (C=O) groups is 3. The van der Waals surface area contributed by atoms with Gasteiger partial charge < -0.3 is 21.1 Å². The van der Waals surface area contributed by atoms with Gasteiger partial charge in [0.25, 0.3) is 0 Å². The molecule has 1 aliphatic carbocycles. The van der Waals surface area contributed by atoms with E-state index in [0.717, 1.165) is 29.7 Å². The average molecular weight is 399 g/mol. The monoisotopic (exact) mass is 398 g/mol. The molecule has 2 aliphatic rings. The SMILES string of the molecule is CCOC(=O)c1c(NC(=O)CSC2NC(=O)CC(N)N2)sc2c1CCC2. The summed E-state index contributed by atoms with van der Waals surface area (Å²) in [4.78, 5) is 37.3. The van der Waals surface area contributed by atoms with Crippen molar-refractivity contribution in [3.05, 3.63) is 16.0 Å². The predicted octanol–water partition coefficient (Wildman–Crippen LogP) is 0.763. The maximum atomic E-state index is 12.3. The van der Waals surface area contributed by atoms with Gasteiger partial charge in [0.05, 0.1) is 30.5 Å². The van der Waals surface area contributed by atoms with E-state index in [0.29, 0.717) is 17.2 Å². The highest BCUT2D eigenvalue weighted by molar-refractivity contribution is 8.00. The Morgan fingerprint density at radius 1 is 1.42 bits per heavy atom. The Morgan fingerprint density at radius 3 is 2.96 bits per heavy atom. The standard InChI is InChI=1S/C16H22N4O4S2/c1-2-24-15(23)13-8-4-3-5-9(8)26-14(13)19-12(22)7-25-16-18-10(17)6-11(21)20-16/h10,16,18H,2-7,17H2,1H3,(H,19,22)(H,20,21). The van der Waals surface area contributed by atoms with Crippen molar-refractivity contribution in [1.82, 2.24) is 10.6 Å². The van der Waals surface area contributed by atoms with Crippen molar-refractivity contribution < 1.29 is 19.1 Å². The minimum atomic E-state index is -0.417. The summed E-state index contributed by atoms with van der Waals surface area (Å²) in [7, 11) is 0. The fourth-order valence-electron chi connectivity index (χ4n) is 3.02. The zero-order valence-electron chi connectivity index (χ0n) is 14.4. The third kappa shape index (κ3) is 4.37. The Bertz CT molecular complexity index is 721. The van der Waals surface area contributed by atoms with Gasteiger partial charge in [0.2, 0.25) is 11.8 Å². The lowest BCUT2D eigenvalue weighted by molar-refractivity contribution is -0.123. The van der Waals surface area contributed by atoms with Gasteiger partial charge >= 0.3 is 5.97 Å². The van der Waals surface area contributed by atoms with Gasteiger partial charge in [0, 0.05) is 4.88 Å². The van der Waals surface area contributed by atoms with Crippen LogP contribution in [0.1, 0.15) is 40.6 Å². The van der Waals surface area contributed by atoms with Crippen molar-refractivity contribution in [2.75, 3.05) is 17.7 Å². The number of hydrogen-bond donors (Lipinski definition) is 4. The van der Waals surface area contributed by atoms with Gasteiger partial charge in [-0.15, -0.1) is 23.1 Å². The Labute approximate surface area is 159 Å². The van der Waals surface area contributed by atoms with E-state index in [9.17, 15) is 14.4 Å². The molecule has 2 atom stereocenters. The van der Waals surface area contributed by atoms with Crippen molar-refractivity contribution in [2.24, 2.45) is 5.73 Å². The third-order valence-corrected chi connectivity index (χ3v) is 6.32. The fourth-order valence-corrected chi connectivity index (χ4v) is 5.19. The van der Waals surface area contributed by atoms with Crippen LogP contribution < -0.4 is 21.7 Å². The molecular formula is C16H22N4O4S2. The number of thiophene rings is 1. The summed E-state index contributed by atoms with van der Waals surface area (Å²) in [5.74, 6) is -0.652. The molecule has 10 heteroatoms. The Balaban J connectivity index is 1.62. The van der Waals surface area contributed by atoms with Crippen LogP contribution in [0.25, 0.3) is 0 Å². The van der Waals surface area contributed by atoms with Gasteiger partial charge in [0.1, 0.15) is 10.5 Å². The maximum Gasteiger partial charge on any atom is 0.341 e. The van der Waals surface area contributed by atoms with Crippen LogP contribution in [0.2, 0.25) is 0 Å². The molecule has 1 aromatic rings. The highest BCUT2D eigenvalue weighted by atomic mass is 32.2. The van der Waals surface area contributed by atoms with Crippen LogP contribution in [-0.2, 0) is 27.2 Å². The molecule has 0 aromatic carbocycles. The maximum absolute atomic E-state index is 12.3. The number of rotatable bonds is 6. The van der Waals surface area contributed by atoms with Crippen molar-refractivity contribution in [3.63, 3.8) is 0 Å². The summed E-state index contributed by atoms with van der Waals surface area (Å²) in [5, 5.41) is 9.11. The number of nitrogens with one attached hydrogen (secondary N) is 3. The summed E-state index contributed by atoms with van der Waals surface area (Å²) in [5.41, 5.74) is 6.82. The summed E-state index contributed by atoms with van der Waals surface area (Å²) in [6, 6.07) is 0. The largest absolute Gasteiger partial charge is 0.462 e. The zero-order chi connectivity index (χ0) is 18.7. The van der Waals surface area contributed by atoms with Crippen LogP contribution in [0.3, 0.4) is 0 Å². The molecule has 1 aliphatic heterocycles. The Morgan fingerprint density at radius 2 is 2.23 bits per heavy atom. The van der Waals surface area contributed by atoms with Crippen molar-refractivity contribution in [3.8, 4) is 0 Å². The Kier molecular flexibility index (Phi) is 6.17. The summed E-state index contributed by atoms with van der Waals surface area (Å²) >= 11 is 2.69. The molecule has 0 spiro atoms. The van der Waals surface area contributed by atoms with Gasteiger partial charge in [0.15, 0.2) is 0 Å². The van der Waals surface area contributed by atoms with E-state index in [1.54, 1.807) is 6.92 Å². The number of thioether (sulfide) groups is 1. The van der Waals surface area contributed by atoms with Crippen LogP contribution in [0.5, 0.6) is 0 Å². The van der Waals surface area contributed by atoms with E-state index in [2.05, 4.69) is 16.0 Å². The first-order valence-electron chi connectivity index (χ1n) is 8.52. The van der Waals surface area contributed by atoms with Gasteiger partial charge in [-0.2, -0.15) is 0 Å². The van der Waals surface area contributed by atoms with E-state index in [1.165, 1.54) is 23.1 Å². The molecule has 142 valence electrons. The van der Waals surface area contributed by atoms with E-state index in [-0.39, 0.29) is 30.0 Å². The van der Waals surface area contributed by atoms with Crippen LogP contribution in [0, 0.1) is 0 Å². The zero-order valence-corrected chi connectivity index (χ0v) is 16.1. The smallest absolute Gasteiger partial charge is 0.341 e. The van der Waals surface area contributed by atoms with E-state index in [1.807, 2.05) is 0 Å². The number of esters is 1. The number of aryl methyl sites for hydroxylation is 1. The molecule has 0 radical (unpaired) electrons. The number of amides is 2. The molecule has 0 saturated carbocycles. The second kappa shape index (κ2) is 8.38. The summed E-state index contributed by atoms with van der Waals surface area (Å²) in [6.45, 7) is 2.05. The third-order valence-electron chi connectivity index (χ3n) is 4.10. The molecule has 0 bridgehead atoms. The van der Waals surface area contributed by atoms with E-state index >= 15 is 0 Å². The molecule has 2 unspecified atom stereocenters. The van der Waals surface area contributed by atoms with Gasteiger partial charge in [-0.1, -0.05) is 0 Å². The predicted molar refractivity (Wildman–Crippen MR) is 101 cm³/mol. The second-order valence-electron chi connectivity index (χ2n) is 6.07. The molecule has 1 saturated heterocycles. The van der Waals surface area contributed by atoms with Crippen molar-refractivity contribution in [1.29, 1.82) is 0 Å². The first-order valence-corrected chi connectivity index (χ1v) is 10.4. The molecule has 26 heavy (non-hydrogen) atoms. The molecule has 1 fully saturated rings. The molecular weight excluding hydrogens is 376 g/mol. The van der Waals surface area contributed by atoms with Crippen LogP contribution in [0.4, 0.5) is 5.00 Å². The highest BCUT2D eigenvalue weighted by Crippen LogP contribution is 2.39. The molecule has 2 heterocycles. The number of anilines is 1. The lowest BCUT2D eigenvalue weighted by Gasteiger charge is -2.28. The molecule has 2 amide bonds. The highest BCUT2D eigenvalue weighted by Gasteiger charge is 2.29. The van der Waals surface area contributed by atoms with Gasteiger partial charge in [-0.05, 0) is 31.7 Å². The molecule has 5 N–H and O–H groups in total. The Hall–Kier alpha value is -1.62. The van der Waals surface area contributed by atoms with Gasteiger partial charge in [-0.3, -0.25) is 14.9 Å². The number of fused-ring (bicyclic) bond motifs is 1. The topological polar surface area (TPSA) is 123 Å². The lowest BCUT2D eigenvalue weighted by atomic mass is 10.1. The van der Waals surface area contributed by atoms with Crippen LogP contribution >= 0.6 is 23.1 Å². The van der Waals surface area contributed by atoms with E-state index < -0.39 is 11.7 Å². The van der Waals surface area contributed by atoms with Crippen molar-refractivity contribution in [2.45, 2.75) is 44.3 Å². The minimum absolute atomic E-state index is 0.121. The molecule has 1 aromatic heterocycles. The van der Waals surface area contributed by atoms with Crippen molar-refractivity contribution >= 4 is 45.9 Å². The summed E-state index contributed by atoms with van der Waals surface area (Å²) in [6.07, 6.45) is 2.57. The minimum Gasteiger partial charge on any atom is -0.462 e. The van der Waals surface area contributed by atoms with E-state index in [4.69, 9.17) is 10.5 Å². The molecule has 3 rings (SSSR count). The first kappa shape index (κ1) is 19.2. The number of carbonyl (C=O) groups excluding carboxylic acids is 3. The number of hydrogen-bond acceptors (Lipinski definition) is 8. The van der Waals surface area contributed by atoms with Crippen LogP contribution in [-0.4, -0.2) is 41.8 Å². The normalized spacial score (nSPS) is 21.8. The number of ether oxygens (including phenoxy) is 1. The first-order chi connectivity index (χ1) is 12.5. The lowest BCUT2D eigenvalue weighted by Crippen LogP contribution is -2.58. The number of nitrogens with two attached hydrogens (primary N) is 1.